The summed E-state index contributed by atoms with van der Waals surface area (Å²) < 4.78 is 30.1. The Morgan fingerprint density at radius 1 is 1.14 bits per heavy atom. The van der Waals surface area contributed by atoms with Crippen LogP contribution in [0.5, 0.6) is 5.75 Å². The Kier molecular flexibility index (Phi) is 7.77. The maximum atomic E-state index is 13.4. The molecular weight excluding hydrogens is 467 g/mol. The second-order valence-electron chi connectivity index (χ2n) is 8.51. The average Bonchev–Trinajstić information content (AvgIpc) is 3.33. The molecule has 1 N–H and O–H groups in total. The zero-order valence-electron chi connectivity index (χ0n) is 20.2. The van der Waals surface area contributed by atoms with Crippen LogP contribution in [-0.4, -0.2) is 46.5 Å². The smallest absolute Gasteiger partial charge is 0.258 e. The van der Waals surface area contributed by atoms with Gasteiger partial charge in [0.2, 0.25) is 5.82 Å². The van der Waals surface area contributed by atoms with Gasteiger partial charge in [-0.3, -0.25) is 0 Å². The molecule has 0 amide bonds. The minimum Gasteiger partial charge on any atom is -0.497 e. The third-order valence-electron chi connectivity index (χ3n) is 5.78. The van der Waals surface area contributed by atoms with E-state index in [2.05, 4.69) is 15.5 Å². The standard InChI is InChI=1S/C26H29FN4O3S/c1-16(2)33-15-5-14-31-17(3)22(23(28-26(31)35)18-8-12-21(32-4)13-9-18)25-29-24(30-34-25)19-6-10-20(27)11-7-19/h6-13,16,23H,5,14-15H2,1-4H3,(H,28,35). The molecule has 1 unspecified atom stereocenters. The molecule has 0 saturated heterocycles. The number of methoxy groups -OCH3 is 1. The van der Waals surface area contributed by atoms with Gasteiger partial charge in [-0.15, -0.1) is 0 Å². The summed E-state index contributed by atoms with van der Waals surface area (Å²) in [5.74, 6) is 1.20. The van der Waals surface area contributed by atoms with E-state index in [4.69, 9.17) is 26.2 Å². The Balaban J connectivity index is 1.70. The van der Waals surface area contributed by atoms with Crippen molar-refractivity contribution in [2.75, 3.05) is 20.3 Å². The van der Waals surface area contributed by atoms with Crippen LogP contribution in [0, 0.1) is 5.82 Å². The van der Waals surface area contributed by atoms with E-state index in [1.165, 1.54) is 12.1 Å². The number of rotatable bonds is 9. The van der Waals surface area contributed by atoms with Gasteiger partial charge in [0.25, 0.3) is 5.89 Å². The van der Waals surface area contributed by atoms with Crippen LogP contribution < -0.4 is 10.1 Å². The number of hydrogen-bond acceptors (Lipinski definition) is 6. The molecule has 1 atom stereocenters. The van der Waals surface area contributed by atoms with E-state index in [9.17, 15) is 4.39 Å². The fraction of sp³-hybridized carbons (Fsp3) is 0.346. The average molecular weight is 497 g/mol. The molecule has 0 bridgehead atoms. The summed E-state index contributed by atoms with van der Waals surface area (Å²) in [5, 5.41) is 8.22. The number of aromatic nitrogens is 2. The van der Waals surface area contributed by atoms with E-state index in [0.29, 0.717) is 35.5 Å². The molecule has 0 saturated carbocycles. The molecule has 0 spiro atoms. The summed E-state index contributed by atoms with van der Waals surface area (Å²) in [6.07, 6.45) is 0.985. The number of nitrogens with one attached hydrogen (secondary N) is 1. The van der Waals surface area contributed by atoms with E-state index >= 15 is 0 Å². The predicted molar refractivity (Wildman–Crippen MR) is 136 cm³/mol. The molecule has 9 heteroatoms. The lowest BCUT2D eigenvalue weighted by Crippen LogP contribution is -2.46. The van der Waals surface area contributed by atoms with Gasteiger partial charge in [0.05, 0.1) is 24.8 Å². The Hall–Kier alpha value is -3.30. The molecule has 1 aliphatic rings. The monoisotopic (exact) mass is 496 g/mol. The van der Waals surface area contributed by atoms with Crippen LogP contribution in [0.25, 0.3) is 17.0 Å². The highest BCUT2D eigenvalue weighted by Crippen LogP contribution is 2.38. The fourth-order valence-corrected chi connectivity index (χ4v) is 4.31. The van der Waals surface area contributed by atoms with E-state index in [-0.39, 0.29) is 18.0 Å². The summed E-state index contributed by atoms with van der Waals surface area (Å²) >= 11 is 5.74. The molecule has 0 radical (unpaired) electrons. The minimum atomic E-state index is -0.322. The highest BCUT2D eigenvalue weighted by Gasteiger charge is 2.34. The molecule has 2 heterocycles. The van der Waals surface area contributed by atoms with Crippen LogP contribution in [0.2, 0.25) is 0 Å². The molecule has 4 rings (SSSR count). The van der Waals surface area contributed by atoms with E-state index in [0.717, 1.165) is 29.0 Å². The normalized spacial score (nSPS) is 16.1. The first-order chi connectivity index (χ1) is 16.9. The molecule has 1 aromatic heterocycles. The van der Waals surface area contributed by atoms with Crippen LogP contribution >= 0.6 is 12.2 Å². The largest absolute Gasteiger partial charge is 0.497 e. The minimum absolute atomic E-state index is 0.177. The molecule has 7 nitrogen and oxygen atoms in total. The quantitative estimate of drug-likeness (QED) is 0.314. The number of allylic oxidation sites excluding steroid dienone is 1. The number of hydrogen-bond donors (Lipinski definition) is 1. The molecule has 0 aliphatic carbocycles. The van der Waals surface area contributed by atoms with Gasteiger partial charge in [0.15, 0.2) is 5.11 Å². The van der Waals surface area contributed by atoms with Crippen LogP contribution in [0.3, 0.4) is 0 Å². The number of benzene rings is 2. The first kappa shape index (κ1) is 24.8. The van der Waals surface area contributed by atoms with E-state index < -0.39 is 0 Å². The number of halogens is 1. The Morgan fingerprint density at radius 2 is 1.86 bits per heavy atom. The zero-order chi connectivity index (χ0) is 24.9. The van der Waals surface area contributed by atoms with Crippen molar-refractivity contribution in [3.05, 3.63) is 71.5 Å². The van der Waals surface area contributed by atoms with Gasteiger partial charge in [-0.2, -0.15) is 4.98 Å². The van der Waals surface area contributed by atoms with Gasteiger partial charge in [-0.1, -0.05) is 17.3 Å². The van der Waals surface area contributed by atoms with Gasteiger partial charge in [-0.25, -0.2) is 4.39 Å². The molecule has 2 aromatic carbocycles. The third kappa shape index (κ3) is 5.68. The van der Waals surface area contributed by atoms with Crippen molar-refractivity contribution in [3.8, 4) is 17.1 Å². The van der Waals surface area contributed by atoms with Gasteiger partial charge in [0.1, 0.15) is 11.6 Å². The summed E-state index contributed by atoms with van der Waals surface area (Å²) in [4.78, 5) is 6.69. The van der Waals surface area contributed by atoms with Gasteiger partial charge in [0, 0.05) is 24.4 Å². The maximum Gasteiger partial charge on any atom is 0.258 e. The van der Waals surface area contributed by atoms with Crippen molar-refractivity contribution in [2.45, 2.75) is 39.3 Å². The van der Waals surface area contributed by atoms with Crippen molar-refractivity contribution in [3.63, 3.8) is 0 Å². The summed E-state index contributed by atoms with van der Waals surface area (Å²) in [7, 11) is 1.63. The predicted octanol–water partition coefficient (Wildman–Crippen LogP) is 5.36. The Morgan fingerprint density at radius 3 is 2.51 bits per heavy atom. The number of ether oxygens (including phenoxy) is 2. The zero-order valence-corrected chi connectivity index (χ0v) is 21.1. The van der Waals surface area contributed by atoms with Crippen LogP contribution in [-0.2, 0) is 4.74 Å². The summed E-state index contributed by atoms with van der Waals surface area (Å²) in [6, 6.07) is 13.5. The van der Waals surface area contributed by atoms with E-state index in [1.807, 2.05) is 49.9 Å². The van der Waals surface area contributed by atoms with Crippen LogP contribution in [0.4, 0.5) is 4.39 Å². The Bertz CT molecular complexity index is 1190. The molecule has 35 heavy (non-hydrogen) atoms. The Labute approximate surface area is 209 Å². The maximum absolute atomic E-state index is 13.4. The van der Waals surface area contributed by atoms with Crippen LogP contribution in [0.1, 0.15) is 44.7 Å². The first-order valence-electron chi connectivity index (χ1n) is 11.5. The number of thiocarbonyl (C=S) groups is 1. The topological polar surface area (TPSA) is 72.7 Å². The SMILES string of the molecule is COc1ccc(C2NC(=S)N(CCCOC(C)C)C(C)=C2c2nc(-c3ccc(F)cc3)no2)cc1. The van der Waals surface area contributed by atoms with Crippen molar-refractivity contribution in [1.82, 2.24) is 20.4 Å². The fourth-order valence-electron chi connectivity index (χ4n) is 3.96. The number of nitrogens with zero attached hydrogens (tertiary/aromatic N) is 3. The van der Waals surface area contributed by atoms with Crippen LogP contribution in [0.15, 0.2) is 58.8 Å². The van der Waals surface area contributed by atoms with Crippen molar-refractivity contribution in [2.24, 2.45) is 0 Å². The lowest BCUT2D eigenvalue weighted by Gasteiger charge is -2.37. The van der Waals surface area contributed by atoms with Gasteiger partial charge >= 0.3 is 0 Å². The van der Waals surface area contributed by atoms with Crippen molar-refractivity contribution < 1.29 is 18.4 Å². The van der Waals surface area contributed by atoms with Crippen molar-refractivity contribution >= 4 is 22.9 Å². The summed E-state index contributed by atoms with van der Waals surface area (Å²) in [5.41, 5.74) is 3.40. The van der Waals surface area contributed by atoms with E-state index in [1.54, 1.807) is 19.2 Å². The summed E-state index contributed by atoms with van der Waals surface area (Å²) in [6.45, 7) is 7.36. The van der Waals surface area contributed by atoms with Gasteiger partial charge < -0.3 is 24.2 Å². The van der Waals surface area contributed by atoms with Gasteiger partial charge in [-0.05, 0) is 81.4 Å². The third-order valence-corrected chi connectivity index (χ3v) is 6.12. The molecule has 184 valence electrons. The highest BCUT2D eigenvalue weighted by molar-refractivity contribution is 7.80. The second kappa shape index (κ2) is 11.0. The lowest BCUT2D eigenvalue weighted by molar-refractivity contribution is 0.0749. The molecule has 1 aliphatic heterocycles. The second-order valence-corrected chi connectivity index (χ2v) is 8.90. The first-order valence-corrected chi connectivity index (χ1v) is 11.9. The molecule has 0 fully saturated rings. The molecular formula is C26H29FN4O3S. The van der Waals surface area contributed by atoms with Crippen molar-refractivity contribution in [1.29, 1.82) is 0 Å². The lowest BCUT2D eigenvalue weighted by atomic mass is 9.94. The molecule has 3 aromatic rings. The highest BCUT2D eigenvalue weighted by atomic mass is 32.1.